The molecule has 5 nitrogen and oxygen atoms in total. The van der Waals surface area contributed by atoms with Crippen LogP contribution in [0.5, 0.6) is 0 Å². The molecule has 0 unspecified atom stereocenters. The van der Waals surface area contributed by atoms with Gasteiger partial charge in [-0.05, 0) is 25.2 Å². The normalized spacial score (nSPS) is 11.9. The zero-order valence-corrected chi connectivity index (χ0v) is 14.1. The van der Waals surface area contributed by atoms with Crippen molar-refractivity contribution in [3.05, 3.63) is 27.7 Å². The van der Waals surface area contributed by atoms with Crippen molar-refractivity contribution < 1.29 is 18.3 Å². The van der Waals surface area contributed by atoms with Crippen molar-refractivity contribution in [2.75, 3.05) is 25.4 Å². The zero-order valence-electron chi connectivity index (χ0n) is 11.8. The van der Waals surface area contributed by atoms with Gasteiger partial charge in [-0.3, -0.25) is 0 Å². The van der Waals surface area contributed by atoms with Crippen LogP contribution in [0.3, 0.4) is 0 Å². The zero-order chi connectivity index (χ0) is 16.2. The van der Waals surface area contributed by atoms with E-state index < -0.39 is 15.8 Å². The maximum Gasteiger partial charge on any atom is 0.338 e. The summed E-state index contributed by atoms with van der Waals surface area (Å²) in [5.74, 6) is -1.49. The Hall–Kier alpha value is -0.820. The minimum Gasteiger partial charge on any atom is -0.478 e. The van der Waals surface area contributed by atoms with Crippen molar-refractivity contribution >= 4 is 39.0 Å². The Bertz CT molecular complexity index is 627. The number of nitrogens with zero attached hydrogens (tertiary/aromatic N) is 1. The maximum atomic E-state index is 12.3. The van der Waals surface area contributed by atoms with E-state index in [0.29, 0.717) is 6.54 Å². The van der Waals surface area contributed by atoms with Gasteiger partial charge in [-0.1, -0.05) is 37.0 Å². The number of hydrogen-bond donors (Lipinski definition) is 1. The minimum absolute atomic E-state index is 0.0878. The predicted molar refractivity (Wildman–Crippen MR) is 83.3 cm³/mol. The van der Waals surface area contributed by atoms with Crippen LogP contribution in [-0.2, 0) is 9.84 Å². The van der Waals surface area contributed by atoms with Gasteiger partial charge in [-0.15, -0.1) is 0 Å². The molecule has 0 radical (unpaired) electrons. The number of carboxylic acids is 1. The molecule has 118 valence electrons. The number of sulfone groups is 1. The Balaban J connectivity index is 3.15. The topological polar surface area (TPSA) is 74.7 Å². The van der Waals surface area contributed by atoms with E-state index in [1.807, 2.05) is 18.7 Å². The minimum atomic E-state index is -3.67. The van der Waals surface area contributed by atoms with Gasteiger partial charge in [0, 0.05) is 6.54 Å². The summed E-state index contributed by atoms with van der Waals surface area (Å²) in [6.45, 7) is 5.71. The number of hydrogen-bond acceptors (Lipinski definition) is 4. The van der Waals surface area contributed by atoms with Crippen LogP contribution in [0.4, 0.5) is 0 Å². The van der Waals surface area contributed by atoms with Gasteiger partial charge >= 0.3 is 5.97 Å². The molecule has 0 saturated heterocycles. The molecule has 0 heterocycles. The molecule has 8 heteroatoms. The molecular weight excluding hydrogens is 337 g/mol. The Morgan fingerprint density at radius 3 is 2.29 bits per heavy atom. The van der Waals surface area contributed by atoms with E-state index in [-0.39, 0.29) is 26.3 Å². The van der Waals surface area contributed by atoms with E-state index in [2.05, 4.69) is 0 Å². The second-order valence-corrected chi connectivity index (χ2v) is 7.25. The lowest BCUT2D eigenvalue weighted by Gasteiger charge is -2.18. The third kappa shape index (κ3) is 4.32. The molecule has 1 rings (SSSR count). The van der Waals surface area contributed by atoms with Crippen molar-refractivity contribution in [2.24, 2.45) is 0 Å². The average Bonchev–Trinajstić information content (AvgIpc) is 2.39. The predicted octanol–water partition coefficient (Wildman–Crippen LogP) is 2.81. The number of halogens is 2. The van der Waals surface area contributed by atoms with Crippen LogP contribution in [0.25, 0.3) is 0 Å². The summed E-state index contributed by atoms with van der Waals surface area (Å²) in [5, 5.41) is 8.63. The number of rotatable bonds is 7. The molecular formula is C13H17Cl2NO4S. The summed E-state index contributed by atoms with van der Waals surface area (Å²) in [6, 6.07) is 2.48. The number of aromatic carboxylic acids is 1. The maximum absolute atomic E-state index is 12.3. The molecule has 0 saturated carbocycles. The molecule has 1 aromatic carbocycles. The van der Waals surface area contributed by atoms with Gasteiger partial charge in [0.2, 0.25) is 0 Å². The average molecular weight is 354 g/mol. The van der Waals surface area contributed by atoms with Gasteiger partial charge in [0.25, 0.3) is 0 Å². The van der Waals surface area contributed by atoms with Gasteiger partial charge in [-0.25, -0.2) is 13.2 Å². The molecule has 0 bridgehead atoms. The van der Waals surface area contributed by atoms with E-state index in [0.717, 1.165) is 13.1 Å². The standard InChI is InChI=1S/C13H17Cl2NO4S/c1-3-16(4-2)7-8-21(19,20)10-6-5-9(14)11(12(10)15)13(17)18/h5-6H,3-4,7-8H2,1-2H3,(H,17,18). The van der Waals surface area contributed by atoms with E-state index in [1.165, 1.54) is 12.1 Å². The lowest BCUT2D eigenvalue weighted by molar-refractivity contribution is 0.0697. The van der Waals surface area contributed by atoms with Crippen molar-refractivity contribution in [2.45, 2.75) is 18.7 Å². The molecule has 0 amide bonds. The highest BCUT2D eigenvalue weighted by molar-refractivity contribution is 7.91. The Morgan fingerprint density at radius 1 is 1.24 bits per heavy atom. The summed E-state index contributed by atoms with van der Waals surface area (Å²) in [6.07, 6.45) is 0. The lowest BCUT2D eigenvalue weighted by atomic mass is 10.2. The Kier molecular flexibility index (Phi) is 6.46. The molecule has 1 aromatic rings. The lowest BCUT2D eigenvalue weighted by Crippen LogP contribution is -2.29. The molecule has 0 aliphatic rings. The second-order valence-electron chi connectivity index (χ2n) is 4.39. The fraction of sp³-hybridized carbons (Fsp3) is 0.462. The number of carboxylic acid groups (broad SMARTS) is 1. The fourth-order valence-electron chi connectivity index (χ4n) is 1.87. The molecule has 0 aliphatic carbocycles. The van der Waals surface area contributed by atoms with E-state index in [9.17, 15) is 13.2 Å². The highest BCUT2D eigenvalue weighted by Gasteiger charge is 2.25. The number of carbonyl (C=O) groups is 1. The van der Waals surface area contributed by atoms with Crippen molar-refractivity contribution in [3.63, 3.8) is 0 Å². The Labute approximate surface area is 134 Å². The first-order valence-electron chi connectivity index (χ1n) is 6.41. The van der Waals surface area contributed by atoms with E-state index >= 15 is 0 Å². The smallest absolute Gasteiger partial charge is 0.338 e. The van der Waals surface area contributed by atoms with Crippen molar-refractivity contribution in [1.82, 2.24) is 4.90 Å². The third-order valence-electron chi connectivity index (χ3n) is 3.18. The second kappa shape index (κ2) is 7.45. The first-order chi connectivity index (χ1) is 9.74. The first-order valence-corrected chi connectivity index (χ1v) is 8.81. The highest BCUT2D eigenvalue weighted by Crippen LogP contribution is 2.31. The summed E-state index contributed by atoms with van der Waals surface area (Å²) < 4.78 is 24.7. The largest absolute Gasteiger partial charge is 0.478 e. The van der Waals surface area contributed by atoms with Crippen LogP contribution >= 0.6 is 23.2 Å². The van der Waals surface area contributed by atoms with Gasteiger partial charge in [0.15, 0.2) is 9.84 Å². The van der Waals surface area contributed by atoms with E-state index in [1.54, 1.807) is 0 Å². The molecule has 0 aromatic heterocycles. The van der Waals surface area contributed by atoms with Gasteiger partial charge in [-0.2, -0.15) is 0 Å². The summed E-state index contributed by atoms with van der Waals surface area (Å²) in [7, 11) is -3.67. The van der Waals surface area contributed by atoms with Crippen LogP contribution in [0.2, 0.25) is 10.0 Å². The van der Waals surface area contributed by atoms with Crippen molar-refractivity contribution in [3.8, 4) is 0 Å². The van der Waals surface area contributed by atoms with Crippen molar-refractivity contribution in [1.29, 1.82) is 0 Å². The molecule has 1 N–H and O–H groups in total. The molecule has 21 heavy (non-hydrogen) atoms. The monoisotopic (exact) mass is 353 g/mol. The quantitative estimate of drug-likeness (QED) is 0.815. The highest BCUT2D eigenvalue weighted by atomic mass is 35.5. The Morgan fingerprint density at radius 2 is 1.81 bits per heavy atom. The summed E-state index contributed by atoms with van der Waals surface area (Å²) >= 11 is 11.7. The van der Waals surface area contributed by atoms with Gasteiger partial charge < -0.3 is 10.0 Å². The SMILES string of the molecule is CCN(CC)CCS(=O)(=O)c1ccc(Cl)c(C(=O)O)c1Cl. The van der Waals surface area contributed by atoms with Crippen LogP contribution < -0.4 is 0 Å². The van der Waals surface area contributed by atoms with Crippen LogP contribution in [0.1, 0.15) is 24.2 Å². The summed E-state index contributed by atoms with van der Waals surface area (Å²) in [4.78, 5) is 12.9. The van der Waals surface area contributed by atoms with Crippen LogP contribution in [-0.4, -0.2) is 49.8 Å². The van der Waals surface area contributed by atoms with Gasteiger partial charge in [0.05, 0.1) is 26.3 Å². The van der Waals surface area contributed by atoms with Crippen LogP contribution in [0.15, 0.2) is 17.0 Å². The molecule has 0 fully saturated rings. The van der Waals surface area contributed by atoms with Gasteiger partial charge in [0.1, 0.15) is 0 Å². The first kappa shape index (κ1) is 18.2. The summed E-state index contributed by atoms with van der Waals surface area (Å²) in [5.41, 5.74) is -0.387. The third-order valence-corrected chi connectivity index (χ3v) is 5.73. The fourth-order valence-corrected chi connectivity index (χ4v) is 4.12. The molecule has 0 spiro atoms. The molecule has 0 aliphatic heterocycles. The van der Waals surface area contributed by atoms with Crippen LogP contribution in [0, 0.1) is 0 Å². The number of benzene rings is 1. The van der Waals surface area contributed by atoms with E-state index in [4.69, 9.17) is 28.3 Å². The molecule has 0 atom stereocenters.